The number of aromatic nitrogens is 3. The SMILES string of the molecule is C=CCCCC(NCCC)c1ncn[nH]1. The molecule has 0 amide bonds. The second kappa shape index (κ2) is 7.17. The molecule has 84 valence electrons. The normalized spacial score (nSPS) is 12.6. The Morgan fingerprint density at radius 2 is 2.53 bits per heavy atom. The van der Waals surface area contributed by atoms with E-state index in [9.17, 15) is 0 Å². The van der Waals surface area contributed by atoms with Crippen LogP contribution in [0.3, 0.4) is 0 Å². The van der Waals surface area contributed by atoms with Crippen LogP contribution in [0.4, 0.5) is 0 Å². The molecular weight excluding hydrogens is 188 g/mol. The number of H-pyrrole nitrogens is 1. The van der Waals surface area contributed by atoms with Gasteiger partial charge in [0.15, 0.2) is 0 Å². The Bertz CT molecular complexity index is 256. The molecule has 1 heterocycles. The average Bonchev–Trinajstić information content (AvgIpc) is 2.76. The summed E-state index contributed by atoms with van der Waals surface area (Å²) in [4.78, 5) is 4.19. The van der Waals surface area contributed by atoms with Crippen molar-refractivity contribution in [3.05, 3.63) is 24.8 Å². The van der Waals surface area contributed by atoms with Crippen LogP contribution in [0.25, 0.3) is 0 Å². The van der Waals surface area contributed by atoms with Gasteiger partial charge >= 0.3 is 0 Å². The molecule has 1 aromatic rings. The Labute approximate surface area is 91.2 Å². The molecule has 0 aromatic carbocycles. The van der Waals surface area contributed by atoms with E-state index < -0.39 is 0 Å². The van der Waals surface area contributed by atoms with Crippen molar-refractivity contribution < 1.29 is 0 Å². The number of unbranched alkanes of at least 4 members (excludes halogenated alkanes) is 1. The minimum Gasteiger partial charge on any atom is -0.307 e. The smallest absolute Gasteiger partial charge is 0.141 e. The lowest BCUT2D eigenvalue weighted by molar-refractivity contribution is 0.466. The molecule has 0 bridgehead atoms. The van der Waals surface area contributed by atoms with Crippen LogP contribution in [-0.4, -0.2) is 21.7 Å². The van der Waals surface area contributed by atoms with Gasteiger partial charge in [-0.1, -0.05) is 13.0 Å². The third kappa shape index (κ3) is 4.25. The van der Waals surface area contributed by atoms with Gasteiger partial charge in [-0.15, -0.1) is 6.58 Å². The van der Waals surface area contributed by atoms with Crippen LogP contribution >= 0.6 is 0 Å². The van der Waals surface area contributed by atoms with Gasteiger partial charge < -0.3 is 5.32 Å². The number of hydrogen-bond donors (Lipinski definition) is 2. The number of nitrogens with zero attached hydrogens (tertiary/aromatic N) is 2. The maximum Gasteiger partial charge on any atom is 0.141 e. The molecule has 0 aliphatic heterocycles. The fourth-order valence-corrected chi connectivity index (χ4v) is 1.50. The van der Waals surface area contributed by atoms with E-state index in [4.69, 9.17) is 0 Å². The minimum atomic E-state index is 0.299. The molecule has 1 aromatic heterocycles. The highest BCUT2D eigenvalue weighted by molar-refractivity contribution is 4.91. The molecule has 0 saturated carbocycles. The first-order valence-electron chi connectivity index (χ1n) is 5.58. The van der Waals surface area contributed by atoms with Crippen LogP contribution in [0.5, 0.6) is 0 Å². The van der Waals surface area contributed by atoms with Gasteiger partial charge in [0, 0.05) is 0 Å². The summed E-state index contributed by atoms with van der Waals surface area (Å²) in [5.74, 6) is 0.938. The standard InChI is InChI=1S/C11H20N4/c1-3-5-6-7-10(12-8-4-2)11-13-9-14-15-11/h3,9-10,12H,1,4-8H2,2H3,(H,13,14,15). The first kappa shape index (κ1) is 11.9. The molecular formula is C11H20N4. The summed E-state index contributed by atoms with van der Waals surface area (Å²) in [6, 6.07) is 0.299. The third-order valence-corrected chi connectivity index (χ3v) is 2.31. The van der Waals surface area contributed by atoms with Gasteiger partial charge in [-0.05, 0) is 32.2 Å². The van der Waals surface area contributed by atoms with Crippen molar-refractivity contribution in [2.24, 2.45) is 0 Å². The zero-order valence-corrected chi connectivity index (χ0v) is 9.37. The molecule has 4 heteroatoms. The highest BCUT2D eigenvalue weighted by atomic mass is 15.2. The molecule has 1 rings (SSSR count). The van der Waals surface area contributed by atoms with Gasteiger partial charge in [0.1, 0.15) is 12.2 Å². The van der Waals surface area contributed by atoms with E-state index in [0.29, 0.717) is 6.04 Å². The zero-order chi connectivity index (χ0) is 10.9. The number of rotatable bonds is 8. The lowest BCUT2D eigenvalue weighted by Crippen LogP contribution is -2.23. The van der Waals surface area contributed by atoms with Crippen molar-refractivity contribution in [3.8, 4) is 0 Å². The molecule has 0 fully saturated rings. The number of aromatic amines is 1. The molecule has 1 unspecified atom stereocenters. The predicted octanol–water partition coefficient (Wildman–Crippen LogP) is 2.20. The second-order valence-electron chi connectivity index (χ2n) is 3.60. The summed E-state index contributed by atoms with van der Waals surface area (Å²) in [6.45, 7) is 6.90. The average molecular weight is 208 g/mol. The quantitative estimate of drug-likeness (QED) is 0.508. The van der Waals surface area contributed by atoms with Crippen molar-refractivity contribution in [2.45, 2.75) is 38.6 Å². The van der Waals surface area contributed by atoms with Crippen LogP contribution in [-0.2, 0) is 0 Å². The Morgan fingerprint density at radius 1 is 1.67 bits per heavy atom. The maximum atomic E-state index is 4.19. The molecule has 0 aliphatic carbocycles. The monoisotopic (exact) mass is 208 g/mol. The zero-order valence-electron chi connectivity index (χ0n) is 9.37. The van der Waals surface area contributed by atoms with E-state index in [0.717, 1.165) is 38.1 Å². The fraction of sp³-hybridized carbons (Fsp3) is 0.636. The minimum absolute atomic E-state index is 0.299. The van der Waals surface area contributed by atoms with E-state index in [1.165, 1.54) is 0 Å². The van der Waals surface area contributed by atoms with E-state index in [-0.39, 0.29) is 0 Å². The summed E-state index contributed by atoms with van der Waals surface area (Å²) in [5.41, 5.74) is 0. The molecule has 0 spiro atoms. The van der Waals surface area contributed by atoms with Crippen LogP contribution < -0.4 is 5.32 Å². The lowest BCUT2D eigenvalue weighted by atomic mass is 10.1. The molecule has 15 heavy (non-hydrogen) atoms. The van der Waals surface area contributed by atoms with Gasteiger partial charge in [0.2, 0.25) is 0 Å². The number of nitrogens with one attached hydrogen (secondary N) is 2. The van der Waals surface area contributed by atoms with Crippen molar-refractivity contribution >= 4 is 0 Å². The van der Waals surface area contributed by atoms with E-state index in [1.807, 2.05) is 6.08 Å². The van der Waals surface area contributed by atoms with Crippen molar-refractivity contribution in [3.63, 3.8) is 0 Å². The Kier molecular flexibility index (Phi) is 5.70. The second-order valence-corrected chi connectivity index (χ2v) is 3.60. The van der Waals surface area contributed by atoms with Gasteiger partial charge in [0.05, 0.1) is 6.04 Å². The summed E-state index contributed by atoms with van der Waals surface area (Å²) in [6.07, 6.45) is 7.90. The first-order chi connectivity index (χ1) is 7.38. The van der Waals surface area contributed by atoms with Gasteiger partial charge in [0.25, 0.3) is 0 Å². The van der Waals surface area contributed by atoms with Gasteiger partial charge in [-0.3, -0.25) is 5.10 Å². The maximum absolute atomic E-state index is 4.19. The Balaban J connectivity index is 2.42. The third-order valence-electron chi connectivity index (χ3n) is 2.31. The lowest BCUT2D eigenvalue weighted by Gasteiger charge is -2.15. The highest BCUT2D eigenvalue weighted by Crippen LogP contribution is 2.15. The molecule has 1 atom stereocenters. The van der Waals surface area contributed by atoms with E-state index >= 15 is 0 Å². The summed E-state index contributed by atoms with van der Waals surface area (Å²) in [7, 11) is 0. The summed E-state index contributed by atoms with van der Waals surface area (Å²) in [5, 5.41) is 10.3. The van der Waals surface area contributed by atoms with E-state index in [2.05, 4.69) is 34.0 Å². The van der Waals surface area contributed by atoms with Crippen LogP contribution in [0, 0.1) is 0 Å². The predicted molar refractivity (Wildman–Crippen MR) is 61.5 cm³/mol. The topological polar surface area (TPSA) is 53.6 Å². The summed E-state index contributed by atoms with van der Waals surface area (Å²) >= 11 is 0. The fourth-order valence-electron chi connectivity index (χ4n) is 1.50. The molecule has 0 aliphatic rings. The molecule has 4 nitrogen and oxygen atoms in total. The first-order valence-corrected chi connectivity index (χ1v) is 5.58. The van der Waals surface area contributed by atoms with Crippen LogP contribution in [0.15, 0.2) is 19.0 Å². The molecule has 0 radical (unpaired) electrons. The summed E-state index contributed by atoms with van der Waals surface area (Å²) < 4.78 is 0. The van der Waals surface area contributed by atoms with E-state index in [1.54, 1.807) is 6.33 Å². The number of allylic oxidation sites excluding steroid dienone is 1. The largest absolute Gasteiger partial charge is 0.307 e. The Hall–Kier alpha value is -1.16. The van der Waals surface area contributed by atoms with Crippen LogP contribution in [0.1, 0.15) is 44.5 Å². The van der Waals surface area contributed by atoms with Crippen molar-refractivity contribution in [1.82, 2.24) is 20.5 Å². The van der Waals surface area contributed by atoms with Gasteiger partial charge in [-0.25, -0.2) is 4.98 Å². The highest BCUT2D eigenvalue weighted by Gasteiger charge is 2.12. The van der Waals surface area contributed by atoms with Gasteiger partial charge in [-0.2, -0.15) is 5.10 Å². The molecule has 0 saturated heterocycles. The Morgan fingerprint density at radius 3 is 3.13 bits per heavy atom. The van der Waals surface area contributed by atoms with Crippen molar-refractivity contribution in [2.75, 3.05) is 6.54 Å². The number of hydrogen-bond acceptors (Lipinski definition) is 3. The van der Waals surface area contributed by atoms with Crippen LogP contribution in [0.2, 0.25) is 0 Å². The van der Waals surface area contributed by atoms with Crippen molar-refractivity contribution in [1.29, 1.82) is 0 Å². The molecule has 2 N–H and O–H groups in total.